The third-order valence-electron chi connectivity index (χ3n) is 3.99. The molecular weight excluding hydrogens is 322 g/mol. The molecule has 0 fully saturated rings. The lowest BCUT2D eigenvalue weighted by molar-refractivity contribution is -0.142. The summed E-state index contributed by atoms with van der Waals surface area (Å²) in [5.74, 6) is -0.937. The number of carbonyl (C=O) groups is 2. The van der Waals surface area contributed by atoms with Gasteiger partial charge in [0.25, 0.3) is 0 Å². The van der Waals surface area contributed by atoms with Gasteiger partial charge < -0.3 is 10.4 Å². The number of aryl methyl sites for hydroxylation is 1. The number of hydrogen-bond acceptors (Lipinski definition) is 5. The maximum absolute atomic E-state index is 12.8. The molecule has 25 heavy (non-hydrogen) atoms. The molecule has 1 aromatic carbocycles. The number of amides is 1. The van der Waals surface area contributed by atoms with E-state index in [4.69, 9.17) is 0 Å². The molecule has 0 saturated carbocycles. The zero-order valence-corrected chi connectivity index (χ0v) is 14.4. The van der Waals surface area contributed by atoms with Crippen molar-refractivity contribution in [1.82, 2.24) is 25.5 Å². The molecule has 134 valence electrons. The van der Waals surface area contributed by atoms with Crippen molar-refractivity contribution in [2.75, 3.05) is 0 Å². The van der Waals surface area contributed by atoms with Crippen LogP contribution in [0.25, 0.3) is 0 Å². The van der Waals surface area contributed by atoms with Crippen molar-refractivity contribution in [2.24, 2.45) is 0 Å². The zero-order chi connectivity index (χ0) is 18.2. The Kier molecular flexibility index (Phi) is 6.62. The lowest BCUT2D eigenvalue weighted by atomic mass is 10.0. The van der Waals surface area contributed by atoms with E-state index >= 15 is 0 Å². The second kappa shape index (κ2) is 8.91. The number of benzene rings is 1. The summed E-state index contributed by atoms with van der Waals surface area (Å²) in [6.07, 6.45) is 2.35. The summed E-state index contributed by atoms with van der Waals surface area (Å²) in [5, 5.41) is 23.3. The van der Waals surface area contributed by atoms with Crippen molar-refractivity contribution in [3.63, 3.8) is 0 Å². The number of unbranched alkanes of at least 4 members (excludes halogenated alkanes) is 1. The summed E-state index contributed by atoms with van der Waals surface area (Å²) in [5.41, 5.74) is 0.943. The molecule has 0 aliphatic heterocycles. The normalized spacial score (nSPS) is 13.2. The molecule has 1 heterocycles. The van der Waals surface area contributed by atoms with Gasteiger partial charge in [-0.2, -0.15) is 0 Å². The standard InChI is InChI=1S/C17H23N5O3/c1-3-4-10-14(17(24)25)18-16(23)15(22-12(2)19-20-21-22)11-13-8-6-5-7-9-13/h5-9,14-15H,3-4,10-11H2,1-2H3,(H,18,23)(H,24,25)/t14-,15?/m0/s1. The highest BCUT2D eigenvalue weighted by Crippen LogP contribution is 2.16. The Balaban J connectivity index is 2.20. The highest BCUT2D eigenvalue weighted by molar-refractivity contribution is 5.86. The van der Waals surface area contributed by atoms with Gasteiger partial charge in [-0.25, -0.2) is 9.48 Å². The second-order valence-corrected chi connectivity index (χ2v) is 5.92. The fraction of sp³-hybridized carbons (Fsp3) is 0.471. The summed E-state index contributed by atoms with van der Waals surface area (Å²) in [6, 6.07) is 7.86. The van der Waals surface area contributed by atoms with Crippen LogP contribution in [0.2, 0.25) is 0 Å². The molecular formula is C17H23N5O3. The van der Waals surface area contributed by atoms with Crippen molar-refractivity contribution < 1.29 is 14.7 Å². The first kappa shape index (κ1) is 18.6. The van der Waals surface area contributed by atoms with E-state index in [0.29, 0.717) is 18.7 Å². The molecule has 1 unspecified atom stereocenters. The first-order valence-corrected chi connectivity index (χ1v) is 8.34. The number of rotatable bonds is 9. The number of nitrogens with zero attached hydrogens (tertiary/aromatic N) is 4. The van der Waals surface area contributed by atoms with Crippen LogP contribution in [-0.4, -0.2) is 43.2 Å². The molecule has 2 N–H and O–H groups in total. The van der Waals surface area contributed by atoms with Gasteiger partial charge in [-0.1, -0.05) is 50.1 Å². The molecule has 1 amide bonds. The van der Waals surface area contributed by atoms with Crippen LogP contribution in [-0.2, 0) is 16.0 Å². The molecule has 0 spiro atoms. The lowest BCUT2D eigenvalue weighted by Crippen LogP contribution is -2.45. The molecule has 0 radical (unpaired) electrons. The minimum Gasteiger partial charge on any atom is -0.480 e. The van der Waals surface area contributed by atoms with Crippen LogP contribution in [0, 0.1) is 6.92 Å². The zero-order valence-electron chi connectivity index (χ0n) is 14.4. The average Bonchev–Trinajstić information content (AvgIpc) is 3.02. The van der Waals surface area contributed by atoms with E-state index < -0.39 is 24.0 Å². The minimum atomic E-state index is -1.03. The quantitative estimate of drug-likeness (QED) is 0.713. The van der Waals surface area contributed by atoms with E-state index in [9.17, 15) is 14.7 Å². The van der Waals surface area contributed by atoms with Gasteiger partial charge in [0.1, 0.15) is 17.9 Å². The Labute approximate surface area is 146 Å². The van der Waals surface area contributed by atoms with Gasteiger partial charge in [0.05, 0.1) is 0 Å². The van der Waals surface area contributed by atoms with Crippen LogP contribution < -0.4 is 5.32 Å². The van der Waals surface area contributed by atoms with Gasteiger partial charge in [0.2, 0.25) is 5.91 Å². The molecule has 2 atom stereocenters. The number of nitrogens with one attached hydrogen (secondary N) is 1. The molecule has 8 nitrogen and oxygen atoms in total. The smallest absolute Gasteiger partial charge is 0.326 e. The van der Waals surface area contributed by atoms with E-state index in [2.05, 4.69) is 20.8 Å². The van der Waals surface area contributed by atoms with E-state index in [1.165, 1.54) is 4.68 Å². The Morgan fingerprint density at radius 2 is 2.00 bits per heavy atom. The van der Waals surface area contributed by atoms with Crippen molar-refractivity contribution >= 4 is 11.9 Å². The Bertz CT molecular complexity index is 701. The molecule has 1 aromatic heterocycles. The number of carbonyl (C=O) groups excluding carboxylic acids is 1. The Hall–Kier alpha value is -2.77. The summed E-state index contributed by atoms with van der Waals surface area (Å²) >= 11 is 0. The fourth-order valence-corrected chi connectivity index (χ4v) is 2.59. The third kappa shape index (κ3) is 5.10. The molecule has 0 aliphatic rings. The van der Waals surface area contributed by atoms with Gasteiger partial charge in [0.15, 0.2) is 0 Å². The number of hydrogen-bond donors (Lipinski definition) is 2. The fourth-order valence-electron chi connectivity index (χ4n) is 2.59. The van der Waals surface area contributed by atoms with E-state index in [-0.39, 0.29) is 0 Å². The van der Waals surface area contributed by atoms with Crippen molar-refractivity contribution in [2.45, 2.75) is 51.6 Å². The van der Waals surface area contributed by atoms with E-state index in [0.717, 1.165) is 18.4 Å². The average molecular weight is 345 g/mol. The van der Waals surface area contributed by atoms with Gasteiger partial charge in [-0.15, -0.1) is 5.10 Å². The first-order chi connectivity index (χ1) is 12.0. The van der Waals surface area contributed by atoms with Crippen molar-refractivity contribution in [3.05, 3.63) is 41.7 Å². The summed E-state index contributed by atoms with van der Waals surface area (Å²) in [7, 11) is 0. The predicted octanol–water partition coefficient (Wildman–Crippen LogP) is 1.52. The molecule has 2 rings (SSSR count). The Morgan fingerprint density at radius 1 is 1.28 bits per heavy atom. The van der Waals surface area contributed by atoms with Gasteiger partial charge >= 0.3 is 5.97 Å². The number of carboxylic acids is 1. The largest absolute Gasteiger partial charge is 0.480 e. The van der Waals surface area contributed by atoms with Crippen LogP contribution in [0.3, 0.4) is 0 Å². The van der Waals surface area contributed by atoms with Gasteiger partial charge in [0, 0.05) is 6.42 Å². The summed E-state index contributed by atoms with van der Waals surface area (Å²) < 4.78 is 1.43. The Morgan fingerprint density at radius 3 is 2.56 bits per heavy atom. The summed E-state index contributed by atoms with van der Waals surface area (Å²) in [6.45, 7) is 3.68. The third-order valence-corrected chi connectivity index (χ3v) is 3.99. The summed E-state index contributed by atoms with van der Waals surface area (Å²) in [4.78, 5) is 24.2. The van der Waals surface area contributed by atoms with Crippen LogP contribution >= 0.6 is 0 Å². The van der Waals surface area contributed by atoms with Gasteiger partial charge in [-0.3, -0.25) is 4.79 Å². The van der Waals surface area contributed by atoms with Crippen LogP contribution in [0.15, 0.2) is 30.3 Å². The monoisotopic (exact) mass is 345 g/mol. The van der Waals surface area contributed by atoms with E-state index in [1.54, 1.807) is 6.92 Å². The SMILES string of the molecule is CCCC[C@H](NC(=O)C(Cc1ccccc1)n1nnnc1C)C(=O)O. The van der Waals surface area contributed by atoms with Crippen LogP contribution in [0.4, 0.5) is 0 Å². The maximum atomic E-state index is 12.8. The number of carboxylic acid groups (broad SMARTS) is 1. The van der Waals surface area contributed by atoms with E-state index in [1.807, 2.05) is 37.3 Å². The predicted molar refractivity (Wildman–Crippen MR) is 90.8 cm³/mol. The van der Waals surface area contributed by atoms with Crippen LogP contribution in [0.1, 0.15) is 43.6 Å². The number of tetrazole rings is 1. The highest BCUT2D eigenvalue weighted by atomic mass is 16.4. The van der Waals surface area contributed by atoms with Crippen molar-refractivity contribution in [3.8, 4) is 0 Å². The lowest BCUT2D eigenvalue weighted by Gasteiger charge is -2.21. The van der Waals surface area contributed by atoms with Crippen LogP contribution in [0.5, 0.6) is 0 Å². The number of aliphatic carboxylic acids is 1. The topological polar surface area (TPSA) is 110 Å². The van der Waals surface area contributed by atoms with Crippen molar-refractivity contribution in [1.29, 1.82) is 0 Å². The molecule has 0 aliphatic carbocycles. The van der Waals surface area contributed by atoms with Gasteiger partial charge in [-0.05, 0) is 29.3 Å². The molecule has 2 aromatic rings. The maximum Gasteiger partial charge on any atom is 0.326 e. The number of aromatic nitrogens is 4. The first-order valence-electron chi connectivity index (χ1n) is 8.34. The second-order valence-electron chi connectivity index (χ2n) is 5.92. The molecule has 0 saturated heterocycles. The molecule has 0 bridgehead atoms. The molecule has 8 heteroatoms. The minimum absolute atomic E-state index is 0.374. The highest BCUT2D eigenvalue weighted by Gasteiger charge is 2.28.